The first-order valence-electron chi connectivity index (χ1n) is 5.99. The van der Waals surface area contributed by atoms with Gasteiger partial charge in [-0.2, -0.15) is 0 Å². The first-order chi connectivity index (χ1) is 9.88. The van der Waals surface area contributed by atoms with Gasteiger partial charge in [-0.05, 0) is 37.3 Å². The third-order valence-electron chi connectivity index (χ3n) is 2.83. The normalized spacial score (nSPS) is 10.2. The van der Waals surface area contributed by atoms with Crippen LogP contribution in [-0.4, -0.2) is 17.0 Å². The van der Waals surface area contributed by atoms with E-state index in [9.17, 15) is 14.0 Å². The van der Waals surface area contributed by atoms with E-state index in [1.807, 2.05) is 0 Å². The molecule has 0 aliphatic rings. The number of rotatable bonds is 3. The molecule has 2 N–H and O–H groups in total. The number of carboxylic acids is 1. The van der Waals surface area contributed by atoms with Crippen molar-refractivity contribution in [3.63, 3.8) is 0 Å². The maximum atomic E-state index is 13.0. The highest BCUT2D eigenvalue weighted by Crippen LogP contribution is 2.21. The minimum absolute atomic E-state index is 0.0263. The number of benzene rings is 2. The summed E-state index contributed by atoms with van der Waals surface area (Å²) in [6.45, 7) is 1.74. The van der Waals surface area contributed by atoms with Gasteiger partial charge in [0, 0.05) is 0 Å². The number of carbonyl (C=O) groups excluding carboxylic acids is 1. The lowest BCUT2D eigenvalue weighted by atomic mass is 10.1. The standard InChI is InChI=1S/C15H11ClFNO3/c1-8-2-5-13(11(6-8)15(20)21)18-14(19)10-4-3-9(17)7-12(10)16/h2-7H,1H3,(H,18,19)(H,20,21). The van der Waals surface area contributed by atoms with Crippen molar-refractivity contribution in [3.05, 3.63) is 63.9 Å². The van der Waals surface area contributed by atoms with Gasteiger partial charge in [0.1, 0.15) is 5.82 Å². The number of hydrogen-bond acceptors (Lipinski definition) is 2. The molecule has 0 fully saturated rings. The summed E-state index contributed by atoms with van der Waals surface area (Å²) in [5, 5.41) is 11.6. The minimum Gasteiger partial charge on any atom is -0.478 e. The van der Waals surface area contributed by atoms with Gasteiger partial charge < -0.3 is 10.4 Å². The first-order valence-corrected chi connectivity index (χ1v) is 6.36. The summed E-state index contributed by atoms with van der Waals surface area (Å²) in [5.74, 6) is -2.32. The smallest absolute Gasteiger partial charge is 0.337 e. The molecular formula is C15H11ClFNO3. The van der Waals surface area contributed by atoms with Crippen LogP contribution in [-0.2, 0) is 0 Å². The van der Waals surface area contributed by atoms with Gasteiger partial charge in [-0.3, -0.25) is 4.79 Å². The Balaban J connectivity index is 2.34. The molecule has 0 aliphatic carbocycles. The van der Waals surface area contributed by atoms with E-state index in [0.29, 0.717) is 0 Å². The lowest BCUT2D eigenvalue weighted by Crippen LogP contribution is -2.15. The van der Waals surface area contributed by atoms with Gasteiger partial charge in [-0.1, -0.05) is 23.2 Å². The van der Waals surface area contributed by atoms with Crippen LogP contribution < -0.4 is 5.32 Å². The molecule has 0 aliphatic heterocycles. The van der Waals surface area contributed by atoms with E-state index < -0.39 is 17.7 Å². The number of carbonyl (C=O) groups is 2. The van der Waals surface area contributed by atoms with Gasteiger partial charge in [-0.25, -0.2) is 9.18 Å². The van der Waals surface area contributed by atoms with Gasteiger partial charge in [-0.15, -0.1) is 0 Å². The number of nitrogens with one attached hydrogen (secondary N) is 1. The molecule has 0 aromatic heterocycles. The fourth-order valence-corrected chi connectivity index (χ4v) is 2.06. The van der Waals surface area contributed by atoms with Crippen molar-refractivity contribution in [1.29, 1.82) is 0 Å². The predicted octanol–water partition coefficient (Wildman–Crippen LogP) is 3.74. The number of aromatic carboxylic acids is 1. The molecule has 2 aromatic carbocycles. The molecule has 6 heteroatoms. The lowest BCUT2D eigenvalue weighted by molar-refractivity contribution is 0.0698. The van der Waals surface area contributed by atoms with Crippen LogP contribution in [0.4, 0.5) is 10.1 Å². The number of carboxylic acid groups (broad SMARTS) is 1. The molecule has 0 heterocycles. The van der Waals surface area contributed by atoms with Crippen LogP contribution >= 0.6 is 11.6 Å². The Hall–Kier alpha value is -2.40. The zero-order valence-electron chi connectivity index (χ0n) is 11.0. The third-order valence-corrected chi connectivity index (χ3v) is 3.14. The first kappa shape index (κ1) is 15.0. The van der Waals surface area contributed by atoms with Gasteiger partial charge in [0.25, 0.3) is 5.91 Å². The lowest BCUT2D eigenvalue weighted by Gasteiger charge is -2.10. The number of hydrogen-bond donors (Lipinski definition) is 2. The van der Waals surface area contributed by atoms with Crippen molar-refractivity contribution in [1.82, 2.24) is 0 Å². The Morgan fingerprint density at radius 1 is 1.14 bits per heavy atom. The van der Waals surface area contributed by atoms with Crippen LogP contribution in [0.5, 0.6) is 0 Å². The van der Waals surface area contributed by atoms with Crippen LogP contribution in [0.15, 0.2) is 36.4 Å². The largest absolute Gasteiger partial charge is 0.478 e. The third kappa shape index (κ3) is 3.38. The summed E-state index contributed by atoms with van der Waals surface area (Å²) < 4.78 is 13.0. The summed E-state index contributed by atoms with van der Waals surface area (Å²) in [6.07, 6.45) is 0. The maximum Gasteiger partial charge on any atom is 0.337 e. The van der Waals surface area contributed by atoms with Gasteiger partial charge in [0.05, 0.1) is 21.8 Å². The molecule has 0 unspecified atom stereocenters. The van der Waals surface area contributed by atoms with E-state index in [1.165, 1.54) is 18.2 Å². The molecular weight excluding hydrogens is 297 g/mol. The fourth-order valence-electron chi connectivity index (χ4n) is 1.81. The number of anilines is 1. The van der Waals surface area contributed by atoms with Crippen molar-refractivity contribution in [2.24, 2.45) is 0 Å². The minimum atomic E-state index is -1.15. The number of aryl methyl sites for hydroxylation is 1. The van der Waals surface area contributed by atoms with E-state index in [2.05, 4.69) is 5.32 Å². The van der Waals surface area contributed by atoms with Crippen LogP contribution in [0.2, 0.25) is 5.02 Å². The Kier molecular flexibility index (Phi) is 4.23. The second-order valence-electron chi connectivity index (χ2n) is 4.43. The topological polar surface area (TPSA) is 66.4 Å². The zero-order chi connectivity index (χ0) is 15.6. The van der Waals surface area contributed by atoms with E-state index in [1.54, 1.807) is 13.0 Å². The average Bonchev–Trinajstić information content (AvgIpc) is 2.40. The Bertz CT molecular complexity index is 731. The van der Waals surface area contributed by atoms with Crippen molar-refractivity contribution in [2.75, 3.05) is 5.32 Å². The van der Waals surface area contributed by atoms with E-state index in [0.717, 1.165) is 17.7 Å². The van der Waals surface area contributed by atoms with Crippen LogP contribution in [0.3, 0.4) is 0 Å². The Labute approximate surface area is 125 Å². The molecule has 0 saturated heterocycles. The molecule has 1 amide bonds. The van der Waals surface area contributed by atoms with Gasteiger partial charge in [0.2, 0.25) is 0 Å². The summed E-state index contributed by atoms with van der Waals surface area (Å²) in [5.41, 5.74) is 0.945. The maximum absolute atomic E-state index is 13.0. The Morgan fingerprint density at radius 3 is 2.48 bits per heavy atom. The highest BCUT2D eigenvalue weighted by Gasteiger charge is 2.16. The molecule has 2 aromatic rings. The molecule has 108 valence electrons. The molecule has 21 heavy (non-hydrogen) atoms. The van der Waals surface area contributed by atoms with Gasteiger partial charge >= 0.3 is 5.97 Å². The average molecular weight is 308 g/mol. The summed E-state index contributed by atoms with van der Waals surface area (Å²) >= 11 is 5.80. The SMILES string of the molecule is Cc1ccc(NC(=O)c2ccc(F)cc2Cl)c(C(=O)O)c1. The quantitative estimate of drug-likeness (QED) is 0.907. The van der Waals surface area contributed by atoms with Crippen molar-refractivity contribution < 1.29 is 19.1 Å². The Morgan fingerprint density at radius 2 is 1.86 bits per heavy atom. The molecule has 2 rings (SSSR count). The molecule has 4 nitrogen and oxygen atoms in total. The molecule has 0 bridgehead atoms. The van der Waals surface area contributed by atoms with Crippen LogP contribution in [0.25, 0.3) is 0 Å². The molecule has 0 saturated carbocycles. The second kappa shape index (κ2) is 5.93. The zero-order valence-corrected chi connectivity index (χ0v) is 11.7. The van der Waals surface area contributed by atoms with E-state index in [-0.39, 0.29) is 21.8 Å². The molecule has 0 atom stereocenters. The summed E-state index contributed by atoms with van der Waals surface area (Å²) in [7, 11) is 0. The summed E-state index contributed by atoms with van der Waals surface area (Å²) in [4.78, 5) is 23.3. The van der Waals surface area contributed by atoms with Crippen molar-refractivity contribution >= 4 is 29.2 Å². The molecule has 0 spiro atoms. The monoisotopic (exact) mass is 307 g/mol. The van der Waals surface area contributed by atoms with Gasteiger partial charge in [0.15, 0.2) is 0 Å². The number of amides is 1. The van der Waals surface area contributed by atoms with Crippen LogP contribution in [0, 0.1) is 12.7 Å². The van der Waals surface area contributed by atoms with Crippen molar-refractivity contribution in [2.45, 2.75) is 6.92 Å². The number of halogens is 2. The highest BCUT2D eigenvalue weighted by molar-refractivity contribution is 6.34. The van der Waals surface area contributed by atoms with Crippen molar-refractivity contribution in [3.8, 4) is 0 Å². The van der Waals surface area contributed by atoms with Crippen LogP contribution in [0.1, 0.15) is 26.3 Å². The highest BCUT2D eigenvalue weighted by atomic mass is 35.5. The fraction of sp³-hybridized carbons (Fsp3) is 0.0667. The second-order valence-corrected chi connectivity index (χ2v) is 4.84. The predicted molar refractivity (Wildman–Crippen MR) is 77.5 cm³/mol. The molecule has 0 radical (unpaired) electrons. The van der Waals surface area contributed by atoms with E-state index in [4.69, 9.17) is 16.7 Å². The van der Waals surface area contributed by atoms with E-state index >= 15 is 0 Å². The summed E-state index contributed by atoms with van der Waals surface area (Å²) in [6, 6.07) is 7.98.